The van der Waals surface area contributed by atoms with Crippen molar-refractivity contribution in [2.24, 2.45) is 0 Å². The summed E-state index contributed by atoms with van der Waals surface area (Å²) in [7, 11) is 4.24. The Morgan fingerprint density at radius 1 is 1.13 bits per heavy atom. The highest BCUT2D eigenvalue weighted by atomic mass is 16.5. The summed E-state index contributed by atoms with van der Waals surface area (Å²) in [6.07, 6.45) is 6.68. The fourth-order valence-corrected chi connectivity index (χ4v) is 4.75. The maximum absolute atomic E-state index is 13.1. The standard InChI is InChI=1S/C24H40N4O2/c1-5-6-17-30-23-13-11-22(12-14-23)28-16-15-27(24(28)29)21-9-7-20(8-10-21)25-19(2)18-26(3)4/h11-14,19-21,25H,5-10,15-18H2,1-4H3. The Hall–Kier alpha value is -1.79. The minimum Gasteiger partial charge on any atom is -0.494 e. The summed E-state index contributed by atoms with van der Waals surface area (Å²) in [4.78, 5) is 19.3. The molecule has 30 heavy (non-hydrogen) atoms. The lowest BCUT2D eigenvalue weighted by atomic mass is 9.90. The first kappa shape index (κ1) is 22.9. The second-order valence-corrected chi connectivity index (χ2v) is 9.16. The van der Waals surface area contributed by atoms with Crippen molar-refractivity contribution >= 4 is 11.7 Å². The number of likely N-dealkylation sites (N-methyl/N-ethyl adjacent to an activating group) is 1. The van der Waals surface area contributed by atoms with Crippen molar-refractivity contribution in [3.05, 3.63) is 24.3 Å². The van der Waals surface area contributed by atoms with Gasteiger partial charge in [0.15, 0.2) is 0 Å². The normalized spacial score (nSPS) is 23.3. The highest BCUT2D eigenvalue weighted by Crippen LogP contribution is 2.29. The molecule has 1 aromatic rings. The number of hydrogen-bond acceptors (Lipinski definition) is 4. The summed E-state index contributed by atoms with van der Waals surface area (Å²) in [5, 5.41) is 3.76. The van der Waals surface area contributed by atoms with Crippen LogP contribution in [-0.2, 0) is 0 Å². The molecule has 1 aliphatic heterocycles. The monoisotopic (exact) mass is 416 g/mol. The number of nitrogens with zero attached hydrogens (tertiary/aromatic N) is 3. The predicted molar refractivity (Wildman–Crippen MR) is 123 cm³/mol. The van der Waals surface area contributed by atoms with E-state index in [1.807, 2.05) is 29.2 Å². The molecule has 1 aromatic carbocycles. The molecule has 6 nitrogen and oxygen atoms in total. The van der Waals surface area contributed by atoms with Crippen LogP contribution in [0.5, 0.6) is 5.75 Å². The van der Waals surface area contributed by atoms with Crippen molar-refractivity contribution in [3.8, 4) is 5.75 Å². The average molecular weight is 417 g/mol. The summed E-state index contributed by atoms with van der Waals surface area (Å²) < 4.78 is 5.74. The van der Waals surface area contributed by atoms with Gasteiger partial charge in [-0.3, -0.25) is 4.90 Å². The molecule has 1 saturated heterocycles. The Morgan fingerprint density at radius 3 is 2.47 bits per heavy atom. The molecule has 0 radical (unpaired) electrons. The highest BCUT2D eigenvalue weighted by molar-refractivity contribution is 5.94. The van der Waals surface area contributed by atoms with Gasteiger partial charge in [-0.05, 0) is 77.4 Å². The van der Waals surface area contributed by atoms with Crippen LogP contribution in [0.4, 0.5) is 10.5 Å². The Morgan fingerprint density at radius 2 is 1.83 bits per heavy atom. The number of unbranched alkanes of at least 4 members (excludes halogenated alkanes) is 1. The smallest absolute Gasteiger partial charge is 0.324 e. The van der Waals surface area contributed by atoms with Crippen molar-refractivity contribution < 1.29 is 9.53 Å². The lowest BCUT2D eigenvalue weighted by molar-refractivity contribution is 0.168. The van der Waals surface area contributed by atoms with Gasteiger partial charge in [0.1, 0.15) is 5.75 Å². The quantitative estimate of drug-likeness (QED) is 0.587. The summed E-state index contributed by atoms with van der Waals surface area (Å²) in [6.45, 7) is 7.82. The van der Waals surface area contributed by atoms with E-state index in [-0.39, 0.29) is 6.03 Å². The first-order chi connectivity index (χ1) is 14.5. The van der Waals surface area contributed by atoms with Crippen molar-refractivity contribution in [1.82, 2.24) is 15.1 Å². The number of amides is 2. The van der Waals surface area contributed by atoms with Crippen LogP contribution in [0.2, 0.25) is 0 Å². The maximum atomic E-state index is 13.1. The Balaban J connectivity index is 1.47. The number of anilines is 1. The third kappa shape index (κ3) is 6.11. The van der Waals surface area contributed by atoms with Crippen molar-refractivity contribution in [1.29, 1.82) is 0 Å². The van der Waals surface area contributed by atoms with Crippen molar-refractivity contribution in [2.75, 3.05) is 45.2 Å². The molecule has 1 aliphatic carbocycles. The maximum Gasteiger partial charge on any atom is 0.324 e. The van der Waals surface area contributed by atoms with E-state index in [1.165, 1.54) is 0 Å². The number of urea groups is 1. The molecule has 2 amide bonds. The van der Waals surface area contributed by atoms with Crippen LogP contribution in [0.25, 0.3) is 0 Å². The minimum atomic E-state index is 0.159. The Kier molecular flexibility index (Phi) is 8.40. The SMILES string of the molecule is CCCCOc1ccc(N2CCN(C3CCC(NC(C)CN(C)C)CC3)C2=O)cc1. The molecule has 0 spiro atoms. The average Bonchev–Trinajstić information content (AvgIpc) is 3.10. The molecule has 1 unspecified atom stereocenters. The lowest BCUT2D eigenvalue weighted by Gasteiger charge is -2.36. The van der Waals surface area contributed by atoms with E-state index in [1.54, 1.807) is 0 Å². The molecule has 3 rings (SSSR count). The molecule has 168 valence electrons. The predicted octanol–water partition coefficient (Wildman–Crippen LogP) is 3.96. The van der Waals surface area contributed by atoms with Crippen LogP contribution >= 0.6 is 0 Å². The van der Waals surface area contributed by atoms with Crippen LogP contribution in [0.3, 0.4) is 0 Å². The topological polar surface area (TPSA) is 48.1 Å². The summed E-state index contributed by atoms with van der Waals surface area (Å²) in [5.41, 5.74) is 0.971. The van der Waals surface area contributed by atoms with E-state index in [9.17, 15) is 4.79 Å². The summed E-state index contributed by atoms with van der Waals surface area (Å²) >= 11 is 0. The third-order valence-corrected chi connectivity index (χ3v) is 6.25. The molecule has 2 fully saturated rings. The molecule has 2 aliphatic rings. The number of carbonyl (C=O) groups is 1. The lowest BCUT2D eigenvalue weighted by Crippen LogP contribution is -2.47. The molecule has 1 heterocycles. The summed E-state index contributed by atoms with van der Waals surface area (Å²) in [6, 6.07) is 9.59. The number of benzene rings is 1. The van der Waals surface area contributed by atoms with E-state index in [4.69, 9.17) is 4.74 Å². The summed E-state index contributed by atoms with van der Waals surface area (Å²) in [5.74, 6) is 0.880. The van der Waals surface area contributed by atoms with Crippen LogP contribution in [-0.4, -0.2) is 74.3 Å². The molecule has 1 saturated carbocycles. The fraction of sp³-hybridized carbons (Fsp3) is 0.708. The molecule has 1 N–H and O–H groups in total. The fourth-order valence-electron chi connectivity index (χ4n) is 4.75. The van der Waals surface area contributed by atoms with Gasteiger partial charge in [-0.2, -0.15) is 0 Å². The van der Waals surface area contributed by atoms with Gasteiger partial charge in [0.25, 0.3) is 0 Å². The second kappa shape index (κ2) is 11.0. The number of rotatable bonds is 10. The third-order valence-electron chi connectivity index (χ3n) is 6.25. The number of carbonyl (C=O) groups excluding carboxylic acids is 1. The van der Waals surface area contributed by atoms with Crippen LogP contribution in [0, 0.1) is 0 Å². The van der Waals surface area contributed by atoms with Gasteiger partial charge in [-0.1, -0.05) is 13.3 Å². The van der Waals surface area contributed by atoms with Crippen LogP contribution < -0.4 is 15.0 Å². The van der Waals surface area contributed by atoms with Crippen LogP contribution in [0.1, 0.15) is 52.4 Å². The molecule has 0 bridgehead atoms. The van der Waals surface area contributed by atoms with Crippen molar-refractivity contribution in [2.45, 2.75) is 70.5 Å². The largest absolute Gasteiger partial charge is 0.494 e. The van der Waals surface area contributed by atoms with E-state index in [2.05, 4.69) is 43.1 Å². The first-order valence-corrected chi connectivity index (χ1v) is 11.7. The van der Waals surface area contributed by atoms with Gasteiger partial charge >= 0.3 is 6.03 Å². The Bertz CT molecular complexity index is 656. The zero-order valence-electron chi connectivity index (χ0n) is 19.3. The second-order valence-electron chi connectivity index (χ2n) is 9.16. The van der Waals surface area contributed by atoms with Gasteiger partial charge in [0, 0.05) is 43.4 Å². The van der Waals surface area contributed by atoms with E-state index >= 15 is 0 Å². The minimum absolute atomic E-state index is 0.159. The zero-order chi connectivity index (χ0) is 21.5. The van der Waals surface area contributed by atoms with E-state index in [0.29, 0.717) is 18.1 Å². The van der Waals surface area contributed by atoms with Crippen molar-refractivity contribution in [3.63, 3.8) is 0 Å². The first-order valence-electron chi connectivity index (χ1n) is 11.7. The van der Waals surface area contributed by atoms with Gasteiger partial charge in [-0.15, -0.1) is 0 Å². The van der Waals surface area contributed by atoms with E-state index < -0.39 is 0 Å². The molecule has 1 atom stereocenters. The van der Waals surface area contributed by atoms with Gasteiger partial charge in [0.05, 0.1) is 6.61 Å². The zero-order valence-corrected chi connectivity index (χ0v) is 19.3. The number of nitrogens with one attached hydrogen (secondary N) is 1. The van der Waals surface area contributed by atoms with E-state index in [0.717, 1.165) is 76.2 Å². The van der Waals surface area contributed by atoms with Gasteiger partial charge < -0.3 is 19.9 Å². The van der Waals surface area contributed by atoms with Gasteiger partial charge in [0.2, 0.25) is 0 Å². The van der Waals surface area contributed by atoms with Crippen LogP contribution in [0.15, 0.2) is 24.3 Å². The molecular formula is C24H40N4O2. The highest BCUT2D eigenvalue weighted by Gasteiger charge is 2.36. The molecule has 0 aromatic heterocycles. The number of hydrogen-bond donors (Lipinski definition) is 1. The Labute approximate surface area is 182 Å². The van der Waals surface area contributed by atoms with Gasteiger partial charge in [-0.25, -0.2) is 4.79 Å². The molecular weight excluding hydrogens is 376 g/mol. The molecule has 6 heteroatoms. The number of ether oxygens (including phenoxy) is 1.